The number of fused-ring (bicyclic) bond motifs is 1. The molecule has 21 heavy (non-hydrogen) atoms. The third-order valence-electron chi connectivity index (χ3n) is 3.47. The summed E-state index contributed by atoms with van der Waals surface area (Å²) in [6.45, 7) is 3.32. The Kier molecular flexibility index (Phi) is 4.17. The molecule has 0 spiro atoms. The third-order valence-corrected chi connectivity index (χ3v) is 3.93. The summed E-state index contributed by atoms with van der Waals surface area (Å²) in [6, 6.07) is 11.5. The molecule has 0 aromatic heterocycles. The van der Waals surface area contributed by atoms with Gasteiger partial charge in [0.2, 0.25) is 0 Å². The number of halogens is 1. The van der Waals surface area contributed by atoms with Crippen LogP contribution in [0, 0.1) is 6.92 Å². The Morgan fingerprint density at radius 3 is 2.52 bits per heavy atom. The van der Waals surface area contributed by atoms with Crippen molar-refractivity contribution in [3.63, 3.8) is 0 Å². The van der Waals surface area contributed by atoms with E-state index in [2.05, 4.69) is 15.9 Å². The predicted molar refractivity (Wildman–Crippen MR) is 85.0 cm³/mol. The zero-order chi connectivity index (χ0) is 14.8. The first kappa shape index (κ1) is 14.4. The van der Waals surface area contributed by atoms with Crippen molar-refractivity contribution in [2.75, 3.05) is 13.2 Å². The highest BCUT2D eigenvalue weighted by Crippen LogP contribution is 2.34. The molecule has 3 rings (SSSR count). The van der Waals surface area contributed by atoms with E-state index in [1.807, 2.05) is 43.3 Å². The van der Waals surface area contributed by atoms with Gasteiger partial charge >= 0.3 is 0 Å². The first-order valence-corrected chi connectivity index (χ1v) is 7.77. The second kappa shape index (κ2) is 6.08. The van der Waals surface area contributed by atoms with E-state index in [4.69, 9.17) is 9.47 Å². The maximum atomic E-state index is 10.6. The highest BCUT2D eigenvalue weighted by molar-refractivity contribution is 9.10. The van der Waals surface area contributed by atoms with Crippen molar-refractivity contribution in [1.82, 2.24) is 0 Å². The molecule has 1 aliphatic rings. The highest BCUT2D eigenvalue weighted by atomic mass is 79.9. The molecule has 0 fully saturated rings. The van der Waals surface area contributed by atoms with E-state index in [0.717, 1.165) is 33.3 Å². The van der Waals surface area contributed by atoms with E-state index in [1.165, 1.54) is 0 Å². The molecule has 1 unspecified atom stereocenters. The lowest BCUT2D eigenvalue weighted by atomic mass is 9.99. The lowest BCUT2D eigenvalue weighted by Crippen LogP contribution is -2.01. The van der Waals surface area contributed by atoms with E-state index in [9.17, 15) is 5.11 Å². The van der Waals surface area contributed by atoms with E-state index in [-0.39, 0.29) is 0 Å². The van der Waals surface area contributed by atoms with Crippen molar-refractivity contribution >= 4 is 15.9 Å². The van der Waals surface area contributed by atoms with Gasteiger partial charge in [0.15, 0.2) is 11.5 Å². The molecule has 0 amide bonds. The summed E-state index contributed by atoms with van der Waals surface area (Å²) in [5.74, 6) is 1.45. The van der Waals surface area contributed by atoms with Crippen LogP contribution in [-0.4, -0.2) is 18.3 Å². The molecule has 1 aliphatic heterocycles. The molecule has 0 saturated carbocycles. The van der Waals surface area contributed by atoms with Gasteiger partial charge in [-0.1, -0.05) is 28.1 Å². The molecule has 110 valence electrons. The van der Waals surface area contributed by atoms with Crippen molar-refractivity contribution in [3.8, 4) is 11.5 Å². The second-order valence-electron chi connectivity index (χ2n) is 5.22. The van der Waals surface area contributed by atoms with Crippen molar-refractivity contribution in [1.29, 1.82) is 0 Å². The van der Waals surface area contributed by atoms with Crippen molar-refractivity contribution in [3.05, 3.63) is 57.6 Å². The van der Waals surface area contributed by atoms with Gasteiger partial charge in [-0.3, -0.25) is 0 Å². The molecule has 2 aromatic rings. The van der Waals surface area contributed by atoms with Gasteiger partial charge in [0.05, 0.1) is 13.2 Å². The minimum Gasteiger partial charge on any atom is -0.490 e. The fraction of sp³-hybridized carbons (Fsp3) is 0.294. The topological polar surface area (TPSA) is 38.7 Å². The van der Waals surface area contributed by atoms with Crippen LogP contribution in [0.15, 0.2) is 40.9 Å². The molecular weight excluding hydrogens is 332 g/mol. The van der Waals surface area contributed by atoms with Crippen LogP contribution in [0.3, 0.4) is 0 Å². The molecule has 1 atom stereocenters. The van der Waals surface area contributed by atoms with Gasteiger partial charge in [0.1, 0.15) is 6.10 Å². The number of hydrogen-bond acceptors (Lipinski definition) is 3. The van der Waals surface area contributed by atoms with Gasteiger partial charge in [-0.05, 0) is 47.9 Å². The molecule has 3 nitrogen and oxygen atoms in total. The lowest BCUT2D eigenvalue weighted by molar-refractivity contribution is 0.219. The predicted octanol–water partition coefficient (Wildman–Crippen LogP) is 4.00. The van der Waals surface area contributed by atoms with Gasteiger partial charge < -0.3 is 14.6 Å². The Balaban J connectivity index is 1.94. The van der Waals surface area contributed by atoms with Gasteiger partial charge in [0.25, 0.3) is 0 Å². The lowest BCUT2D eigenvalue weighted by Gasteiger charge is -2.15. The van der Waals surface area contributed by atoms with E-state index < -0.39 is 6.10 Å². The van der Waals surface area contributed by atoms with Gasteiger partial charge in [-0.2, -0.15) is 0 Å². The molecular formula is C17H17BrO3. The summed E-state index contributed by atoms with van der Waals surface area (Å²) >= 11 is 3.47. The summed E-state index contributed by atoms with van der Waals surface area (Å²) < 4.78 is 12.3. The smallest absolute Gasteiger partial charge is 0.161 e. The Labute approximate surface area is 132 Å². The van der Waals surface area contributed by atoms with Gasteiger partial charge in [0, 0.05) is 10.9 Å². The minimum atomic E-state index is -0.682. The molecule has 0 radical (unpaired) electrons. The zero-order valence-electron chi connectivity index (χ0n) is 11.8. The van der Waals surface area contributed by atoms with E-state index >= 15 is 0 Å². The van der Waals surface area contributed by atoms with Crippen LogP contribution in [0.4, 0.5) is 0 Å². The van der Waals surface area contributed by atoms with Crippen molar-refractivity contribution in [2.45, 2.75) is 19.4 Å². The normalized spacial score (nSPS) is 15.4. The van der Waals surface area contributed by atoms with E-state index in [1.54, 1.807) is 0 Å². The summed E-state index contributed by atoms with van der Waals surface area (Å²) in [4.78, 5) is 0. The van der Waals surface area contributed by atoms with Crippen LogP contribution < -0.4 is 9.47 Å². The molecule has 0 aliphatic carbocycles. The number of aliphatic hydroxyl groups is 1. The fourth-order valence-corrected chi connectivity index (χ4v) is 3.09. The van der Waals surface area contributed by atoms with Crippen LogP contribution in [0.25, 0.3) is 0 Å². The maximum absolute atomic E-state index is 10.6. The van der Waals surface area contributed by atoms with Crippen LogP contribution in [0.5, 0.6) is 11.5 Å². The quantitative estimate of drug-likeness (QED) is 0.891. The van der Waals surface area contributed by atoms with Crippen molar-refractivity contribution in [2.24, 2.45) is 0 Å². The molecule has 1 N–H and O–H groups in total. The monoisotopic (exact) mass is 348 g/mol. The minimum absolute atomic E-state index is 0.641. The Morgan fingerprint density at radius 2 is 1.76 bits per heavy atom. The molecule has 0 saturated heterocycles. The summed E-state index contributed by atoms with van der Waals surface area (Å²) in [7, 11) is 0. The van der Waals surface area contributed by atoms with Crippen LogP contribution in [-0.2, 0) is 0 Å². The van der Waals surface area contributed by atoms with E-state index in [0.29, 0.717) is 19.0 Å². The Hall–Kier alpha value is -1.52. The molecule has 2 aromatic carbocycles. The summed E-state index contributed by atoms with van der Waals surface area (Å²) in [5.41, 5.74) is 2.76. The number of benzene rings is 2. The summed E-state index contributed by atoms with van der Waals surface area (Å²) in [5, 5.41) is 10.6. The third kappa shape index (κ3) is 3.22. The number of ether oxygens (including phenoxy) is 2. The maximum Gasteiger partial charge on any atom is 0.161 e. The standard InChI is InChI=1S/C17H17BrO3/c1-11-7-13(9-14(18)8-11)17(19)12-3-4-15-16(10-12)21-6-2-5-20-15/h3-4,7-10,17,19H,2,5-6H2,1H3. The van der Waals surface area contributed by atoms with Gasteiger partial charge in [-0.25, -0.2) is 0 Å². The Morgan fingerprint density at radius 1 is 1.00 bits per heavy atom. The number of aryl methyl sites for hydroxylation is 1. The van der Waals surface area contributed by atoms with Crippen LogP contribution in [0.1, 0.15) is 29.2 Å². The number of aliphatic hydroxyl groups excluding tert-OH is 1. The first-order chi connectivity index (χ1) is 10.1. The number of rotatable bonds is 2. The molecule has 4 heteroatoms. The molecule has 0 bridgehead atoms. The average Bonchev–Trinajstić information content (AvgIpc) is 2.69. The van der Waals surface area contributed by atoms with Crippen LogP contribution >= 0.6 is 15.9 Å². The van der Waals surface area contributed by atoms with Crippen LogP contribution in [0.2, 0.25) is 0 Å². The first-order valence-electron chi connectivity index (χ1n) is 6.98. The second-order valence-corrected chi connectivity index (χ2v) is 6.14. The highest BCUT2D eigenvalue weighted by Gasteiger charge is 2.16. The molecule has 1 heterocycles. The number of hydrogen-bond donors (Lipinski definition) is 1. The summed E-state index contributed by atoms with van der Waals surface area (Å²) in [6.07, 6.45) is 0.190. The largest absolute Gasteiger partial charge is 0.490 e. The fourth-order valence-electron chi connectivity index (χ4n) is 2.46. The SMILES string of the molecule is Cc1cc(Br)cc(C(O)c2ccc3c(c2)OCCCO3)c1. The van der Waals surface area contributed by atoms with Gasteiger partial charge in [-0.15, -0.1) is 0 Å². The Bertz CT molecular complexity index is 634. The van der Waals surface area contributed by atoms with Crippen molar-refractivity contribution < 1.29 is 14.6 Å². The zero-order valence-corrected chi connectivity index (χ0v) is 13.4. The average molecular weight is 349 g/mol.